The minimum atomic E-state index is 0.573. The highest BCUT2D eigenvalue weighted by Gasteiger charge is 2.06. The second-order valence-corrected chi connectivity index (χ2v) is 5.88. The summed E-state index contributed by atoms with van der Waals surface area (Å²) in [7, 11) is 1.66. The van der Waals surface area contributed by atoms with Crippen molar-refractivity contribution >= 4 is 5.96 Å². The molecule has 0 saturated heterocycles. The molecule has 0 amide bonds. The zero-order valence-corrected chi connectivity index (χ0v) is 16.0. The molecule has 2 rings (SSSR count). The van der Waals surface area contributed by atoms with Gasteiger partial charge in [-0.15, -0.1) is 0 Å². The minimum absolute atomic E-state index is 0.573. The van der Waals surface area contributed by atoms with Gasteiger partial charge >= 0.3 is 0 Å². The van der Waals surface area contributed by atoms with Gasteiger partial charge < -0.3 is 24.7 Å². The Bertz CT molecular complexity index is 668. The molecule has 1 aromatic heterocycles. The van der Waals surface area contributed by atoms with Gasteiger partial charge in [0.05, 0.1) is 20.3 Å². The van der Waals surface area contributed by atoms with Crippen LogP contribution >= 0.6 is 0 Å². The van der Waals surface area contributed by atoms with Crippen LogP contribution in [0.25, 0.3) is 0 Å². The Morgan fingerprint density at radius 3 is 2.62 bits per heavy atom. The molecule has 0 saturated carbocycles. The number of hydrogen-bond acceptors (Lipinski definition) is 3. The van der Waals surface area contributed by atoms with Crippen LogP contribution in [0.5, 0.6) is 11.5 Å². The highest BCUT2D eigenvalue weighted by atomic mass is 16.5. The zero-order chi connectivity index (χ0) is 18.6. The highest BCUT2D eigenvalue weighted by molar-refractivity contribution is 5.79. The molecule has 6 nitrogen and oxygen atoms in total. The van der Waals surface area contributed by atoms with Gasteiger partial charge in [0, 0.05) is 32.0 Å². The van der Waals surface area contributed by atoms with Crippen LogP contribution in [0.1, 0.15) is 25.8 Å². The molecular formula is C20H30N4O2. The van der Waals surface area contributed by atoms with Crippen LogP contribution in [-0.4, -0.2) is 37.3 Å². The van der Waals surface area contributed by atoms with Crippen LogP contribution in [0.15, 0.2) is 47.7 Å². The van der Waals surface area contributed by atoms with Crippen molar-refractivity contribution in [3.05, 3.63) is 48.3 Å². The maximum absolute atomic E-state index is 5.70. The Labute approximate surface area is 156 Å². The first-order valence-corrected chi connectivity index (χ1v) is 9.19. The molecule has 0 aliphatic rings. The quantitative estimate of drug-likeness (QED) is 0.506. The van der Waals surface area contributed by atoms with Crippen LogP contribution in [0, 0.1) is 0 Å². The maximum Gasteiger partial charge on any atom is 0.191 e. The van der Waals surface area contributed by atoms with E-state index < -0.39 is 0 Å². The van der Waals surface area contributed by atoms with Crippen molar-refractivity contribution < 1.29 is 9.47 Å². The van der Waals surface area contributed by atoms with Gasteiger partial charge in [-0.1, -0.05) is 13.0 Å². The van der Waals surface area contributed by atoms with Crippen molar-refractivity contribution in [1.82, 2.24) is 15.2 Å². The van der Waals surface area contributed by atoms with Gasteiger partial charge in [-0.2, -0.15) is 0 Å². The van der Waals surface area contributed by atoms with E-state index >= 15 is 0 Å². The van der Waals surface area contributed by atoms with Crippen molar-refractivity contribution in [2.45, 2.75) is 33.4 Å². The molecule has 142 valence electrons. The molecule has 0 bridgehead atoms. The molecule has 0 unspecified atom stereocenters. The van der Waals surface area contributed by atoms with Crippen LogP contribution in [0.3, 0.4) is 0 Å². The molecular weight excluding hydrogens is 328 g/mol. The number of rotatable bonds is 10. The minimum Gasteiger partial charge on any atom is -0.493 e. The third-order valence-corrected chi connectivity index (χ3v) is 3.78. The Morgan fingerprint density at radius 2 is 1.92 bits per heavy atom. The lowest BCUT2D eigenvalue weighted by atomic mass is 10.2. The van der Waals surface area contributed by atoms with Crippen molar-refractivity contribution in [3.8, 4) is 11.5 Å². The van der Waals surface area contributed by atoms with Gasteiger partial charge in [0.1, 0.15) is 0 Å². The number of guanidine groups is 1. The topological polar surface area (TPSA) is 59.8 Å². The van der Waals surface area contributed by atoms with Crippen molar-refractivity contribution in [2.75, 3.05) is 26.8 Å². The second-order valence-electron chi connectivity index (χ2n) is 5.88. The third-order valence-electron chi connectivity index (χ3n) is 3.78. The van der Waals surface area contributed by atoms with E-state index in [0.717, 1.165) is 49.1 Å². The normalized spacial score (nSPS) is 11.3. The average Bonchev–Trinajstić information content (AvgIpc) is 3.18. The predicted molar refractivity (Wildman–Crippen MR) is 106 cm³/mol. The van der Waals surface area contributed by atoms with Crippen LogP contribution < -0.4 is 20.1 Å². The molecule has 2 N–H and O–H groups in total. The van der Waals surface area contributed by atoms with Gasteiger partial charge in [-0.05, 0) is 43.2 Å². The summed E-state index contributed by atoms with van der Waals surface area (Å²) in [5.74, 6) is 2.33. The molecule has 1 aromatic carbocycles. The number of ether oxygens (including phenoxy) is 2. The molecule has 26 heavy (non-hydrogen) atoms. The van der Waals surface area contributed by atoms with E-state index in [9.17, 15) is 0 Å². The summed E-state index contributed by atoms with van der Waals surface area (Å²) in [6.45, 7) is 7.94. The zero-order valence-electron chi connectivity index (χ0n) is 16.0. The number of aromatic nitrogens is 1. The number of aliphatic imine (C=N–C) groups is 1. The Hall–Kier alpha value is -2.63. The highest BCUT2D eigenvalue weighted by Crippen LogP contribution is 2.28. The van der Waals surface area contributed by atoms with Gasteiger partial charge in [-0.25, -0.2) is 4.99 Å². The lowest BCUT2D eigenvalue weighted by Crippen LogP contribution is -2.38. The van der Waals surface area contributed by atoms with Crippen LogP contribution in [0.2, 0.25) is 0 Å². The van der Waals surface area contributed by atoms with Gasteiger partial charge in [-0.3, -0.25) is 0 Å². The fraction of sp³-hybridized carbons (Fsp3) is 0.450. The van der Waals surface area contributed by atoms with Gasteiger partial charge in [0.2, 0.25) is 0 Å². The number of methoxy groups -OCH3 is 1. The summed E-state index contributed by atoms with van der Waals surface area (Å²) < 4.78 is 13.3. The third kappa shape index (κ3) is 6.35. The maximum atomic E-state index is 5.70. The molecule has 1 heterocycles. The van der Waals surface area contributed by atoms with Crippen molar-refractivity contribution in [1.29, 1.82) is 0 Å². The monoisotopic (exact) mass is 358 g/mol. The number of hydrogen-bond donors (Lipinski definition) is 2. The van der Waals surface area contributed by atoms with E-state index in [1.807, 2.05) is 30.3 Å². The standard InChI is InChI=1S/C20H30N4O2/c1-4-14-26-18-9-8-17(15-19(18)25-3)16-23-20(21-5-2)22-10-13-24-11-6-7-12-24/h6-9,11-12,15H,4-5,10,13-14,16H2,1-3H3,(H2,21,22,23). The molecule has 6 heteroatoms. The van der Waals surface area contributed by atoms with Crippen LogP contribution in [0.4, 0.5) is 0 Å². The molecule has 2 aromatic rings. The molecule has 0 atom stereocenters. The summed E-state index contributed by atoms with van der Waals surface area (Å²) in [5, 5.41) is 6.63. The summed E-state index contributed by atoms with van der Waals surface area (Å²) in [4.78, 5) is 4.66. The lowest BCUT2D eigenvalue weighted by molar-refractivity contribution is 0.294. The van der Waals surface area contributed by atoms with E-state index in [0.29, 0.717) is 13.2 Å². The lowest BCUT2D eigenvalue weighted by Gasteiger charge is -2.13. The summed E-state index contributed by atoms with van der Waals surface area (Å²) >= 11 is 0. The number of nitrogens with one attached hydrogen (secondary N) is 2. The molecule has 0 spiro atoms. The van der Waals surface area contributed by atoms with E-state index in [4.69, 9.17) is 9.47 Å². The second kappa shape index (κ2) is 11.1. The van der Waals surface area contributed by atoms with Gasteiger partial charge in [0.15, 0.2) is 17.5 Å². The Kier molecular flexibility index (Phi) is 8.39. The first kappa shape index (κ1) is 19.7. The van der Waals surface area contributed by atoms with Gasteiger partial charge in [0.25, 0.3) is 0 Å². The molecule has 0 fully saturated rings. The summed E-state index contributed by atoms with van der Waals surface area (Å²) in [5.41, 5.74) is 1.08. The first-order valence-electron chi connectivity index (χ1n) is 9.19. The molecule has 0 aliphatic heterocycles. The number of benzene rings is 1. The largest absolute Gasteiger partial charge is 0.493 e. The number of nitrogens with zero attached hydrogens (tertiary/aromatic N) is 2. The molecule has 0 aliphatic carbocycles. The van der Waals surface area contributed by atoms with Crippen molar-refractivity contribution in [3.63, 3.8) is 0 Å². The SMILES string of the molecule is CCCOc1ccc(CN=C(NCC)NCCn2cccc2)cc1OC. The van der Waals surface area contributed by atoms with E-state index in [1.165, 1.54) is 0 Å². The fourth-order valence-corrected chi connectivity index (χ4v) is 2.48. The molecule has 0 radical (unpaired) electrons. The fourth-order valence-electron chi connectivity index (χ4n) is 2.48. The van der Waals surface area contributed by atoms with Crippen molar-refractivity contribution in [2.24, 2.45) is 4.99 Å². The first-order chi connectivity index (χ1) is 12.8. The summed E-state index contributed by atoms with van der Waals surface area (Å²) in [6, 6.07) is 10.0. The summed E-state index contributed by atoms with van der Waals surface area (Å²) in [6.07, 6.45) is 5.08. The smallest absolute Gasteiger partial charge is 0.191 e. The van der Waals surface area contributed by atoms with Crippen LogP contribution in [-0.2, 0) is 13.1 Å². The average molecular weight is 358 g/mol. The Balaban J connectivity index is 1.94. The van der Waals surface area contributed by atoms with E-state index in [2.05, 4.69) is 46.4 Å². The van der Waals surface area contributed by atoms with E-state index in [-0.39, 0.29) is 0 Å². The Morgan fingerprint density at radius 1 is 1.12 bits per heavy atom. The van der Waals surface area contributed by atoms with E-state index in [1.54, 1.807) is 7.11 Å². The predicted octanol–water partition coefficient (Wildman–Crippen LogP) is 3.04.